The molecule has 1 aliphatic rings. The van der Waals surface area contributed by atoms with Gasteiger partial charge < -0.3 is 19.5 Å². The summed E-state index contributed by atoms with van der Waals surface area (Å²) >= 11 is 0. The average Bonchev–Trinajstić information content (AvgIpc) is 3.35. The van der Waals surface area contributed by atoms with Crippen LogP contribution < -0.4 is 5.32 Å². The highest BCUT2D eigenvalue weighted by atomic mass is 16.3. The van der Waals surface area contributed by atoms with Gasteiger partial charge in [0.05, 0.1) is 12.8 Å². The van der Waals surface area contributed by atoms with E-state index in [1.54, 1.807) is 19.2 Å². The lowest BCUT2D eigenvalue weighted by Crippen LogP contribution is -2.48. The highest BCUT2D eigenvalue weighted by molar-refractivity contribution is 5.98. The van der Waals surface area contributed by atoms with Crippen LogP contribution in [-0.4, -0.2) is 53.7 Å². The lowest BCUT2D eigenvalue weighted by atomic mass is 10.1. The Morgan fingerprint density at radius 3 is 2.54 bits per heavy atom. The molecular weight excluding hydrogens is 358 g/mol. The van der Waals surface area contributed by atoms with Crippen molar-refractivity contribution in [2.45, 2.75) is 32.7 Å². The molecule has 0 saturated carbocycles. The van der Waals surface area contributed by atoms with E-state index < -0.39 is 6.04 Å². The van der Waals surface area contributed by atoms with Crippen molar-refractivity contribution in [2.24, 2.45) is 0 Å². The molecule has 7 heteroatoms. The number of anilines is 1. The van der Waals surface area contributed by atoms with Crippen LogP contribution in [0.2, 0.25) is 0 Å². The lowest BCUT2D eigenvalue weighted by molar-refractivity contribution is -0.136. The maximum atomic E-state index is 12.9. The summed E-state index contributed by atoms with van der Waals surface area (Å²) in [6.07, 6.45) is 2.75. The van der Waals surface area contributed by atoms with Crippen LogP contribution in [0.3, 0.4) is 0 Å². The van der Waals surface area contributed by atoms with Crippen LogP contribution in [0.5, 0.6) is 0 Å². The van der Waals surface area contributed by atoms with E-state index in [4.69, 9.17) is 4.42 Å². The predicted octanol–water partition coefficient (Wildman–Crippen LogP) is 2.60. The van der Waals surface area contributed by atoms with Crippen molar-refractivity contribution >= 4 is 23.4 Å². The van der Waals surface area contributed by atoms with Crippen molar-refractivity contribution in [3.05, 3.63) is 53.5 Å². The number of furan rings is 1. The first-order valence-electron chi connectivity index (χ1n) is 9.34. The number of likely N-dealkylation sites (N-methyl/N-ethyl adjacent to an activating group) is 1. The molecular formula is C21H25N3O4. The van der Waals surface area contributed by atoms with E-state index in [0.29, 0.717) is 13.0 Å². The molecule has 3 rings (SSSR count). The third-order valence-electron chi connectivity index (χ3n) is 5.03. The second kappa shape index (κ2) is 8.29. The fraction of sp³-hybridized carbons (Fsp3) is 0.381. The van der Waals surface area contributed by atoms with E-state index >= 15 is 0 Å². The summed E-state index contributed by atoms with van der Waals surface area (Å²) in [5.41, 5.74) is 2.70. The Bertz CT molecular complexity index is 856. The Balaban J connectivity index is 1.63. The van der Waals surface area contributed by atoms with Gasteiger partial charge in [0.15, 0.2) is 5.76 Å². The summed E-state index contributed by atoms with van der Waals surface area (Å²) < 4.78 is 5.17. The zero-order chi connectivity index (χ0) is 20.3. The maximum Gasteiger partial charge on any atom is 0.290 e. The summed E-state index contributed by atoms with van der Waals surface area (Å²) in [6, 6.07) is 8.44. The molecule has 3 amide bonds. The summed E-state index contributed by atoms with van der Waals surface area (Å²) in [6.45, 7) is 4.27. The lowest BCUT2D eigenvalue weighted by Gasteiger charge is -2.27. The topological polar surface area (TPSA) is 82.9 Å². The largest absolute Gasteiger partial charge is 0.459 e. The minimum Gasteiger partial charge on any atom is -0.459 e. The fourth-order valence-electron chi connectivity index (χ4n) is 3.55. The van der Waals surface area contributed by atoms with Crippen molar-refractivity contribution in [3.8, 4) is 0 Å². The smallest absolute Gasteiger partial charge is 0.290 e. The first kappa shape index (κ1) is 19.7. The molecule has 1 N–H and O–H groups in total. The molecule has 0 radical (unpaired) electrons. The Labute approximate surface area is 164 Å². The van der Waals surface area contributed by atoms with Gasteiger partial charge in [0.2, 0.25) is 11.8 Å². The number of amides is 3. The molecule has 0 spiro atoms. The third-order valence-corrected chi connectivity index (χ3v) is 5.03. The number of likely N-dealkylation sites (tertiary alicyclic amines) is 1. The number of hydrogen-bond donors (Lipinski definition) is 1. The van der Waals surface area contributed by atoms with Crippen molar-refractivity contribution in [1.82, 2.24) is 9.80 Å². The molecule has 1 aliphatic heterocycles. The van der Waals surface area contributed by atoms with Gasteiger partial charge in [-0.1, -0.05) is 18.2 Å². The number of aryl methyl sites for hydroxylation is 2. The summed E-state index contributed by atoms with van der Waals surface area (Å²) in [4.78, 5) is 40.8. The van der Waals surface area contributed by atoms with Gasteiger partial charge in [-0.05, 0) is 49.9 Å². The van der Waals surface area contributed by atoms with E-state index in [2.05, 4.69) is 5.32 Å². The summed E-state index contributed by atoms with van der Waals surface area (Å²) in [5, 5.41) is 2.88. The SMILES string of the molecule is Cc1cccc(C)c1NC(=O)CN(C)C(=O)C1CCCN1C(=O)c1ccco1. The number of para-hydroxylation sites is 1. The molecule has 0 aliphatic carbocycles. The second-order valence-corrected chi connectivity index (χ2v) is 7.14. The highest BCUT2D eigenvalue weighted by Crippen LogP contribution is 2.22. The number of carbonyl (C=O) groups is 3. The molecule has 1 unspecified atom stereocenters. The van der Waals surface area contributed by atoms with Gasteiger partial charge in [-0.2, -0.15) is 0 Å². The molecule has 148 valence electrons. The van der Waals surface area contributed by atoms with E-state index in [9.17, 15) is 14.4 Å². The molecule has 1 aromatic heterocycles. The van der Waals surface area contributed by atoms with Crippen LogP contribution in [0.1, 0.15) is 34.5 Å². The van der Waals surface area contributed by atoms with Gasteiger partial charge in [0.1, 0.15) is 6.04 Å². The molecule has 0 bridgehead atoms. The van der Waals surface area contributed by atoms with Crippen molar-refractivity contribution in [3.63, 3.8) is 0 Å². The standard InChI is InChI=1S/C21H25N3O4/c1-14-7-4-8-15(2)19(14)22-18(25)13-23(3)20(26)16-9-5-11-24(16)21(27)17-10-6-12-28-17/h4,6-8,10,12,16H,5,9,11,13H2,1-3H3,(H,22,25). The Hall–Kier alpha value is -3.09. The number of nitrogens with one attached hydrogen (secondary N) is 1. The van der Waals surface area contributed by atoms with Crippen LogP contribution >= 0.6 is 0 Å². The Morgan fingerprint density at radius 1 is 1.18 bits per heavy atom. The zero-order valence-corrected chi connectivity index (χ0v) is 16.4. The predicted molar refractivity (Wildman–Crippen MR) is 105 cm³/mol. The molecule has 1 atom stereocenters. The summed E-state index contributed by atoms with van der Waals surface area (Å²) in [7, 11) is 1.58. The minimum absolute atomic E-state index is 0.0775. The van der Waals surface area contributed by atoms with Gasteiger partial charge in [-0.15, -0.1) is 0 Å². The number of hydrogen-bond acceptors (Lipinski definition) is 4. The van der Waals surface area contributed by atoms with Crippen LogP contribution in [0, 0.1) is 13.8 Å². The van der Waals surface area contributed by atoms with Gasteiger partial charge in [-0.3, -0.25) is 14.4 Å². The van der Waals surface area contributed by atoms with Crippen molar-refractivity contribution in [1.29, 1.82) is 0 Å². The summed E-state index contributed by atoms with van der Waals surface area (Å²) in [5.74, 6) is -0.589. The van der Waals surface area contributed by atoms with E-state index in [0.717, 1.165) is 23.2 Å². The maximum absolute atomic E-state index is 12.9. The van der Waals surface area contributed by atoms with Crippen LogP contribution in [0.25, 0.3) is 0 Å². The van der Waals surface area contributed by atoms with Crippen LogP contribution in [0.4, 0.5) is 5.69 Å². The van der Waals surface area contributed by atoms with Crippen LogP contribution in [0.15, 0.2) is 41.0 Å². The molecule has 28 heavy (non-hydrogen) atoms. The molecule has 2 aromatic rings. The van der Waals surface area contributed by atoms with Crippen molar-refractivity contribution in [2.75, 3.05) is 25.5 Å². The Morgan fingerprint density at radius 2 is 1.89 bits per heavy atom. The monoisotopic (exact) mass is 383 g/mol. The molecule has 2 heterocycles. The van der Waals surface area contributed by atoms with Gasteiger partial charge in [-0.25, -0.2) is 0 Å². The van der Waals surface area contributed by atoms with Crippen LogP contribution in [-0.2, 0) is 9.59 Å². The molecule has 1 fully saturated rings. The number of carbonyl (C=O) groups excluding carboxylic acids is 3. The van der Waals surface area contributed by atoms with E-state index in [1.807, 2.05) is 32.0 Å². The van der Waals surface area contributed by atoms with Gasteiger partial charge in [0, 0.05) is 19.3 Å². The third kappa shape index (κ3) is 4.08. The molecule has 1 saturated heterocycles. The molecule has 7 nitrogen and oxygen atoms in total. The quantitative estimate of drug-likeness (QED) is 0.860. The van der Waals surface area contributed by atoms with E-state index in [-0.39, 0.29) is 30.0 Å². The minimum atomic E-state index is -0.574. The number of benzene rings is 1. The van der Waals surface area contributed by atoms with Gasteiger partial charge in [0.25, 0.3) is 5.91 Å². The number of rotatable bonds is 5. The Kier molecular flexibility index (Phi) is 5.82. The number of nitrogens with zero attached hydrogens (tertiary/aromatic N) is 2. The normalized spacial score (nSPS) is 16.1. The molecule has 1 aromatic carbocycles. The van der Waals surface area contributed by atoms with E-state index in [1.165, 1.54) is 16.1 Å². The highest BCUT2D eigenvalue weighted by Gasteiger charge is 2.37. The average molecular weight is 383 g/mol. The van der Waals surface area contributed by atoms with Crippen molar-refractivity contribution < 1.29 is 18.8 Å². The first-order valence-corrected chi connectivity index (χ1v) is 9.34. The van der Waals surface area contributed by atoms with Gasteiger partial charge >= 0.3 is 0 Å². The fourth-order valence-corrected chi connectivity index (χ4v) is 3.55. The zero-order valence-electron chi connectivity index (χ0n) is 16.4. The second-order valence-electron chi connectivity index (χ2n) is 7.14. The first-order chi connectivity index (χ1) is 13.4.